The molecule has 2 heterocycles. The first-order valence-corrected chi connectivity index (χ1v) is 4.26. The molecule has 0 aliphatic carbocycles. The van der Waals surface area contributed by atoms with E-state index in [4.69, 9.17) is 5.11 Å². The molecule has 2 N–H and O–H groups in total. The zero-order valence-corrected chi connectivity index (χ0v) is 7.40. The van der Waals surface area contributed by atoms with Crippen LogP contribution in [0.2, 0.25) is 0 Å². The minimum Gasteiger partial charge on any atom is -0.481 e. The van der Waals surface area contributed by atoms with Crippen LogP contribution >= 0.6 is 0 Å². The number of carboxylic acid groups (broad SMARTS) is 1. The average molecular weight is 191 g/mol. The van der Waals surface area contributed by atoms with Crippen LogP contribution in [0.25, 0.3) is 10.9 Å². The van der Waals surface area contributed by atoms with E-state index in [1.54, 1.807) is 12.4 Å². The maximum absolute atomic E-state index is 10.4. The topological polar surface area (TPSA) is 78.9 Å². The van der Waals surface area contributed by atoms with Gasteiger partial charge in [-0.2, -0.15) is 5.10 Å². The first kappa shape index (κ1) is 8.68. The third-order valence-corrected chi connectivity index (χ3v) is 2.03. The van der Waals surface area contributed by atoms with Gasteiger partial charge < -0.3 is 5.11 Å². The largest absolute Gasteiger partial charge is 0.481 e. The van der Waals surface area contributed by atoms with Crippen molar-refractivity contribution in [3.8, 4) is 0 Å². The van der Waals surface area contributed by atoms with Crippen molar-refractivity contribution in [2.45, 2.75) is 12.8 Å². The Morgan fingerprint density at radius 2 is 2.43 bits per heavy atom. The predicted molar refractivity (Wildman–Crippen MR) is 49.8 cm³/mol. The normalized spacial score (nSPS) is 10.6. The number of nitrogens with one attached hydrogen (secondary N) is 1. The molecule has 14 heavy (non-hydrogen) atoms. The van der Waals surface area contributed by atoms with Gasteiger partial charge in [-0.05, 0) is 6.07 Å². The summed E-state index contributed by atoms with van der Waals surface area (Å²) in [6.45, 7) is 0. The fourth-order valence-corrected chi connectivity index (χ4v) is 1.34. The lowest BCUT2D eigenvalue weighted by Crippen LogP contribution is -1.97. The number of aromatic nitrogens is 3. The molecule has 0 aromatic carbocycles. The van der Waals surface area contributed by atoms with Crippen LogP contribution in [0.5, 0.6) is 0 Å². The van der Waals surface area contributed by atoms with E-state index < -0.39 is 5.97 Å². The van der Waals surface area contributed by atoms with Gasteiger partial charge in [-0.3, -0.25) is 14.9 Å². The summed E-state index contributed by atoms with van der Waals surface area (Å²) in [5.41, 5.74) is 1.62. The van der Waals surface area contributed by atoms with Crippen molar-refractivity contribution >= 4 is 16.9 Å². The summed E-state index contributed by atoms with van der Waals surface area (Å²) in [5.74, 6) is -0.804. The number of aliphatic carboxylic acids is 1. The highest BCUT2D eigenvalue weighted by molar-refractivity contribution is 5.80. The number of hydrogen-bond acceptors (Lipinski definition) is 3. The highest BCUT2D eigenvalue weighted by Crippen LogP contribution is 2.14. The third kappa shape index (κ3) is 1.56. The van der Waals surface area contributed by atoms with Gasteiger partial charge in [0.25, 0.3) is 0 Å². The van der Waals surface area contributed by atoms with E-state index >= 15 is 0 Å². The molecule has 0 saturated carbocycles. The second-order valence-electron chi connectivity index (χ2n) is 2.99. The van der Waals surface area contributed by atoms with Crippen LogP contribution in [0.1, 0.15) is 12.1 Å². The number of aromatic amines is 1. The lowest BCUT2D eigenvalue weighted by atomic mass is 10.2. The summed E-state index contributed by atoms with van der Waals surface area (Å²) >= 11 is 0. The third-order valence-electron chi connectivity index (χ3n) is 2.03. The van der Waals surface area contributed by atoms with Crippen molar-refractivity contribution < 1.29 is 9.90 Å². The van der Waals surface area contributed by atoms with Crippen molar-refractivity contribution in [1.29, 1.82) is 0 Å². The monoisotopic (exact) mass is 191 g/mol. The highest BCUT2D eigenvalue weighted by atomic mass is 16.4. The van der Waals surface area contributed by atoms with E-state index in [2.05, 4.69) is 15.2 Å². The van der Waals surface area contributed by atoms with E-state index in [0.717, 1.165) is 16.6 Å². The molecule has 5 heteroatoms. The first-order chi connectivity index (χ1) is 6.77. The van der Waals surface area contributed by atoms with Gasteiger partial charge >= 0.3 is 5.97 Å². The lowest BCUT2D eigenvalue weighted by molar-refractivity contribution is -0.136. The smallest absolute Gasteiger partial charge is 0.303 e. The van der Waals surface area contributed by atoms with Gasteiger partial charge in [-0.15, -0.1) is 0 Å². The van der Waals surface area contributed by atoms with Crippen molar-refractivity contribution in [2.24, 2.45) is 0 Å². The van der Waals surface area contributed by atoms with Crippen molar-refractivity contribution in [3.63, 3.8) is 0 Å². The fourth-order valence-electron chi connectivity index (χ4n) is 1.34. The van der Waals surface area contributed by atoms with Crippen LogP contribution in [0.4, 0.5) is 0 Å². The van der Waals surface area contributed by atoms with Gasteiger partial charge in [-0.25, -0.2) is 0 Å². The molecule has 0 spiro atoms. The van der Waals surface area contributed by atoms with Gasteiger partial charge in [0, 0.05) is 23.7 Å². The van der Waals surface area contributed by atoms with Gasteiger partial charge in [0.05, 0.1) is 12.6 Å². The molecule has 0 aliphatic rings. The number of pyridine rings is 1. The molecule has 0 saturated heterocycles. The van der Waals surface area contributed by atoms with E-state index in [0.29, 0.717) is 6.42 Å². The zero-order chi connectivity index (χ0) is 9.97. The quantitative estimate of drug-likeness (QED) is 0.757. The molecule has 0 amide bonds. The van der Waals surface area contributed by atoms with Crippen LogP contribution in [0.15, 0.2) is 18.5 Å². The molecule has 0 unspecified atom stereocenters. The van der Waals surface area contributed by atoms with E-state index in [1.807, 2.05) is 6.07 Å². The number of H-pyrrole nitrogens is 1. The summed E-state index contributed by atoms with van der Waals surface area (Å²) in [5, 5.41) is 16.3. The number of aryl methyl sites for hydroxylation is 1. The fraction of sp³-hybridized carbons (Fsp3) is 0.222. The SMILES string of the molecule is O=C(O)CCc1[nH]nc2cnccc12. The molecule has 0 aliphatic heterocycles. The van der Waals surface area contributed by atoms with Crippen LogP contribution in [-0.2, 0) is 11.2 Å². The van der Waals surface area contributed by atoms with E-state index in [1.165, 1.54) is 0 Å². The van der Waals surface area contributed by atoms with E-state index in [9.17, 15) is 4.79 Å². The van der Waals surface area contributed by atoms with Crippen LogP contribution in [-0.4, -0.2) is 26.3 Å². The molecule has 2 aromatic rings. The molecule has 0 radical (unpaired) electrons. The van der Waals surface area contributed by atoms with Crippen molar-refractivity contribution in [2.75, 3.05) is 0 Å². The summed E-state index contributed by atoms with van der Waals surface area (Å²) in [6, 6.07) is 1.83. The Bertz CT molecular complexity index is 464. The Balaban J connectivity index is 2.29. The second-order valence-corrected chi connectivity index (χ2v) is 2.99. The van der Waals surface area contributed by atoms with Crippen molar-refractivity contribution in [3.05, 3.63) is 24.2 Å². The summed E-state index contributed by atoms with van der Waals surface area (Å²) < 4.78 is 0. The minimum atomic E-state index is -0.804. The number of nitrogens with zero attached hydrogens (tertiary/aromatic N) is 2. The standard InChI is InChI=1S/C9H9N3O2/c13-9(14)2-1-7-6-3-4-10-5-8(6)12-11-7/h3-5H,1-2H2,(H,11,12)(H,13,14). The Labute approximate surface area is 79.8 Å². The summed E-state index contributed by atoms with van der Waals surface area (Å²) in [7, 11) is 0. The Hall–Kier alpha value is -1.91. The van der Waals surface area contributed by atoms with Crippen LogP contribution in [0, 0.1) is 0 Å². The van der Waals surface area contributed by atoms with Crippen LogP contribution in [0.3, 0.4) is 0 Å². The molecule has 0 bridgehead atoms. The number of hydrogen-bond donors (Lipinski definition) is 2. The number of fused-ring (bicyclic) bond motifs is 1. The van der Waals surface area contributed by atoms with Gasteiger partial charge in [-0.1, -0.05) is 0 Å². The predicted octanol–water partition coefficient (Wildman–Crippen LogP) is 0.975. The summed E-state index contributed by atoms with van der Waals surface area (Å²) in [4.78, 5) is 14.3. The highest BCUT2D eigenvalue weighted by Gasteiger charge is 2.06. The number of carboxylic acids is 1. The molecule has 72 valence electrons. The lowest BCUT2D eigenvalue weighted by Gasteiger charge is -1.93. The summed E-state index contributed by atoms with van der Waals surface area (Å²) in [6.07, 6.45) is 3.90. The molecule has 5 nitrogen and oxygen atoms in total. The molecular formula is C9H9N3O2. The Morgan fingerprint density at radius 3 is 3.21 bits per heavy atom. The van der Waals surface area contributed by atoms with E-state index in [-0.39, 0.29) is 6.42 Å². The molecular weight excluding hydrogens is 182 g/mol. The average Bonchev–Trinajstić information content (AvgIpc) is 2.58. The second kappa shape index (κ2) is 3.45. The maximum atomic E-state index is 10.4. The van der Waals surface area contributed by atoms with Gasteiger partial charge in [0.15, 0.2) is 0 Å². The molecule has 0 atom stereocenters. The van der Waals surface area contributed by atoms with Crippen molar-refractivity contribution in [1.82, 2.24) is 15.2 Å². The number of carbonyl (C=O) groups is 1. The molecule has 2 rings (SSSR count). The minimum absolute atomic E-state index is 0.111. The zero-order valence-electron chi connectivity index (χ0n) is 7.40. The number of rotatable bonds is 3. The Kier molecular flexibility index (Phi) is 2.14. The first-order valence-electron chi connectivity index (χ1n) is 4.26. The van der Waals surface area contributed by atoms with Gasteiger partial charge in [0.2, 0.25) is 0 Å². The maximum Gasteiger partial charge on any atom is 0.303 e. The molecule has 2 aromatic heterocycles. The van der Waals surface area contributed by atoms with Gasteiger partial charge in [0.1, 0.15) is 5.52 Å². The van der Waals surface area contributed by atoms with Crippen LogP contribution < -0.4 is 0 Å². The Morgan fingerprint density at radius 1 is 1.57 bits per heavy atom. The molecule has 0 fully saturated rings.